The summed E-state index contributed by atoms with van der Waals surface area (Å²) >= 11 is 1.42. The number of rotatable bonds is 7. The number of thiazole rings is 1. The van der Waals surface area contributed by atoms with Gasteiger partial charge in [-0.2, -0.15) is 0 Å². The number of hydrogen-bond donors (Lipinski definition) is 1. The number of carbonyl (C=O) groups excluding carboxylic acids is 1. The van der Waals surface area contributed by atoms with Gasteiger partial charge in [0.25, 0.3) is 5.91 Å². The maximum atomic E-state index is 12.2. The summed E-state index contributed by atoms with van der Waals surface area (Å²) in [5.41, 5.74) is 1.72. The summed E-state index contributed by atoms with van der Waals surface area (Å²) in [5.74, 6) is -0.0324. The highest BCUT2D eigenvalue weighted by Crippen LogP contribution is 2.27. The zero-order valence-corrected chi connectivity index (χ0v) is 14.1. The Morgan fingerprint density at radius 2 is 2.18 bits per heavy atom. The second-order valence-corrected chi connectivity index (χ2v) is 6.44. The predicted octanol–water partition coefficient (Wildman–Crippen LogP) is 2.59. The molecule has 2 heterocycles. The SMILES string of the molecule is Cc1nc(-c2cccnc2)sc1C(=O)NCCCCN(C)C. The van der Waals surface area contributed by atoms with Crippen molar-refractivity contribution in [3.63, 3.8) is 0 Å². The topological polar surface area (TPSA) is 58.1 Å². The van der Waals surface area contributed by atoms with Gasteiger partial charge in [0.15, 0.2) is 0 Å². The van der Waals surface area contributed by atoms with E-state index in [4.69, 9.17) is 0 Å². The molecule has 0 aromatic carbocycles. The number of amides is 1. The van der Waals surface area contributed by atoms with Gasteiger partial charge in [-0.1, -0.05) is 0 Å². The smallest absolute Gasteiger partial charge is 0.263 e. The van der Waals surface area contributed by atoms with Crippen LogP contribution in [0.2, 0.25) is 0 Å². The molecular formula is C16H22N4OS. The van der Waals surface area contributed by atoms with E-state index in [0.717, 1.165) is 35.7 Å². The van der Waals surface area contributed by atoms with E-state index in [1.807, 2.05) is 19.1 Å². The maximum Gasteiger partial charge on any atom is 0.263 e. The molecule has 5 nitrogen and oxygen atoms in total. The van der Waals surface area contributed by atoms with Crippen LogP contribution in [0.4, 0.5) is 0 Å². The van der Waals surface area contributed by atoms with E-state index in [1.165, 1.54) is 11.3 Å². The number of nitrogens with one attached hydrogen (secondary N) is 1. The third kappa shape index (κ3) is 4.61. The summed E-state index contributed by atoms with van der Waals surface area (Å²) in [5, 5.41) is 3.81. The van der Waals surface area contributed by atoms with E-state index >= 15 is 0 Å². The van der Waals surface area contributed by atoms with E-state index in [2.05, 4.69) is 34.3 Å². The van der Waals surface area contributed by atoms with Crippen molar-refractivity contribution >= 4 is 17.2 Å². The van der Waals surface area contributed by atoms with E-state index in [9.17, 15) is 4.79 Å². The molecule has 118 valence electrons. The first kappa shape index (κ1) is 16.6. The third-order valence-corrected chi connectivity index (χ3v) is 4.43. The summed E-state index contributed by atoms with van der Waals surface area (Å²) in [7, 11) is 4.11. The van der Waals surface area contributed by atoms with Crippen LogP contribution in [-0.4, -0.2) is 48.0 Å². The van der Waals surface area contributed by atoms with Crippen molar-refractivity contribution in [2.75, 3.05) is 27.2 Å². The van der Waals surface area contributed by atoms with E-state index in [0.29, 0.717) is 11.4 Å². The van der Waals surface area contributed by atoms with Gasteiger partial charge in [-0.25, -0.2) is 4.98 Å². The summed E-state index contributed by atoms with van der Waals surface area (Å²) in [6.45, 7) is 3.62. The third-order valence-electron chi connectivity index (χ3n) is 3.23. The molecule has 2 aromatic rings. The second kappa shape index (κ2) is 8.00. The Morgan fingerprint density at radius 1 is 1.36 bits per heavy atom. The first-order chi connectivity index (χ1) is 10.6. The molecule has 0 saturated heterocycles. The lowest BCUT2D eigenvalue weighted by Crippen LogP contribution is -2.25. The van der Waals surface area contributed by atoms with E-state index in [1.54, 1.807) is 12.4 Å². The molecular weight excluding hydrogens is 296 g/mol. The first-order valence-electron chi connectivity index (χ1n) is 7.38. The van der Waals surface area contributed by atoms with Crippen LogP contribution in [0.5, 0.6) is 0 Å². The van der Waals surface area contributed by atoms with Crippen LogP contribution in [0.25, 0.3) is 10.6 Å². The molecule has 0 saturated carbocycles. The molecule has 0 unspecified atom stereocenters. The Bertz CT molecular complexity index is 610. The highest BCUT2D eigenvalue weighted by Gasteiger charge is 2.15. The highest BCUT2D eigenvalue weighted by molar-refractivity contribution is 7.17. The van der Waals surface area contributed by atoms with Crippen LogP contribution in [0, 0.1) is 6.92 Å². The van der Waals surface area contributed by atoms with Crippen molar-refractivity contribution in [1.29, 1.82) is 0 Å². The number of nitrogens with zero attached hydrogens (tertiary/aromatic N) is 3. The van der Waals surface area contributed by atoms with Gasteiger partial charge < -0.3 is 10.2 Å². The molecule has 1 N–H and O–H groups in total. The Morgan fingerprint density at radius 3 is 2.86 bits per heavy atom. The number of carbonyl (C=O) groups is 1. The van der Waals surface area contributed by atoms with Gasteiger partial charge >= 0.3 is 0 Å². The molecule has 0 fully saturated rings. The number of unbranched alkanes of at least 4 members (excludes halogenated alkanes) is 1. The number of aryl methyl sites for hydroxylation is 1. The van der Waals surface area contributed by atoms with Gasteiger partial charge in [-0.3, -0.25) is 9.78 Å². The van der Waals surface area contributed by atoms with Crippen molar-refractivity contribution in [3.8, 4) is 10.6 Å². The van der Waals surface area contributed by atoms with Crippen molar-refractivity contribution < 1.29 is 4.79 Å². The first-order valence-corrected chi connectivity index (χ1v) is 8.20. The Kier molecular flexibility index (Phi) is 6.03. The van der Waals surface area contributed by atoms with Crippen LogP contribution in [0.15, 0.2) is 24.5 Å². The maximum absolute atomic E-state index is 12.2. The van der Waals surface area contributed by atoms with Gasteiger partial charge in [0.05, 0.1) is 5.69 Å². The largest absolute Gasteiger partial charge is 0.351 e. The van der Waals surface area contributed by atoms with Crippen LogP contribution < -0.4 is 5.32 Å². The van der Waals surface area contributed by atoms with Crippen LogP contribution in [0.3, 0.4) is 0 Å². The van der Waals surface area contributed by atoms with Crippen LogP contribution in [-0.2, 0) is 0 Å². The van der Waals surface area contributed by atoms with Gasteiger partial charge in [0.2, 0.25) is 0 Å². The average Bonchev–Trinajstić information content (AvgIpc) is 2.89. The van der Waals surface area contributed by atoms with Crippen molar-refractivity contribution in [2.24, 2.45) is 0 Å². The van der Waals surface area contributed by atoms with Crippen LogP contribution in [0.1, 0.15) is 28.2 Å². The Hall–Kier alpha value is -1.79. The number of pyridine rings is 1. The van der Waals surface area contributed by atoms with Gasteiger partial charge in [0.1, 0.15) is 9.88 Å². The molecule has 2 rings (SSSR count). The minimum absolute atomic E-state index is 0.0324. The molecule has 0 aliphatic rings. The lowest BCUT2D eigenvalue weighted by Gasteiger charge is -2.09. The summed E-state index contributed by atoms with van der Waals surface area (Å²) in [6.07, 6.45) is 5.56. The molecule has 0 atom stereocenters. The molecule has 0 aliphatic heterocycles. The molecule has 2 aromatic heterocycles. The fourth-order valence-corrected chi connectivity index (χ4v) is 3.03. The predicted molar refractivity (Wildman–Crippen MR) is 90.2 cm³/mol. The van der Waals surface area contributed by atoms with Gasteiger partial charge in [-0.15, -0.1) is 11.3 Å². The zero-order valence-electron chi connectivity index (χ0n) is 13.3. The second-order valence-electron chi connectivity index (χ2n) is 5.44. The minimum Gasteiger partial charge on any atom is -0.351 e. The zero-order chi connectivity index (χ0) is 15.9. The van der Waals surface area contributed by atoms with Gasteiger partial charge in [-0.05, 0) is 52.5 Å². The Balaban J connectivity index is 1.92. The lowest BCUT2D eigenvalue weighted by atomic mass is 10.3. The monoisotopic (exact) mass is 318 g/mol. The quantitative estimate of drug-likeness (QED) is 0.797. The summed E-state index contributed by atoms with van der Waals surface area (Å²) in [6, 6.07) is 3.82. The molecule has 0 spiro atoms. The van der Waals surface area contributed by atoms with Crippen molar-refractivity contribution in [1.82, 2.24) is 20.2 Å². The molecule has 6 heteroatoms. The Labute approximate surface area is 135 Å². The minimum atomic E-state index is -0.0324. The normalized spacial score (nSPS) is 10.9. The molecule has 0 radical (unpaired) electrons. The van der Waals surface area contributed by atoms with Crippen molar-refractivity contribution in [2.45, 2.75) is 19.8 Å². The standard InChI is InChI=1S/C16H22N4OS/c1-12-14(15(21)18-9-4-5-10-20(2)3)22-16(19-12)13-7-6-8-17-11-13/h6-8,11H,4-5,9-10H2,1-3H3,(H,18,21). The fraction of sp³-hybridized carbons (Fsp3) is 0.438. The number of aromatic nitrogens is 2. The number of hydrogen-bond acceptors (Lipinski definition) is 5. The van der Waals surface area contributed by atoms with Gasteiger partial charge in [0, 0.05) is 24.5 Å². The molecule has 0 aliphatic carbocycles. The highest BCUT2D eigenvalue weighted by atomic mass is 32.1. The van der Waals surface area contributed by atoms with Crippen LogP contribution >= 0.6 is 11.3 Å². The molecule has 22 heavy (non-hydrogen) atoms. The van der Waals surface area contributed by atoms with E-state index < -0.39 is 0 Å². The summed E-state index contributed by atoms with van der Waals surface area (Å²) in [4.78, 5) is 23.6. The van der Waals surface area contributed by atoms with E-state index in [-0.39, 0.29) is 5.91 Å². The molecule has 0 bridgehead atoms. The lowest BCUT2D eigenvalue weighted by molar-refractivity contribution is 0.0956. The summed E-state index contributed by atoms with van der Waals surface area (Å²) < 4.78 is 0. The average molecular weight is 318 g/mol. The van der Waals surface area contributed by atoms with Crippen molar-refractivity contribution in [3.05, 3.63) is 35.1 Å². The molecule has 1 amide bonds. The fourth-order valence-electron chi connectivity index (χ4n) is 2.06.